The molecule has 1 saturated carbocycles. The first-order valence-corrected chi connectivity index (χ1v) is 7.15. The lowest BCUT2D eigenvalue weighted by molar-refractivity contribution is -0.131. The number of rotatable bonds is 4. The molecule has 19 heavy (non-hydrogen) atoms. The van der Waals surface area contributed by atoms with Crippen LogP contribution >= 0.6 is 11.6 Å². The highest BCUT2D eigenvalue weighted by Gasteiger charge is 2.39. The molecule has 0 radical (unpaired) electrons. The van der Waals surface area contributed by atoms with Crippen molar-refractivity contribution < 1.29 is 9.59 Å². The summed E-state index contributed by atoms with van der Waals surface area (Å²) in [6, 6.07) is 7.95. The minimum atomic E-state index is -0.398. The molecule has 1 aromatic carbocycles. The predicted octanol–water partition coefficient (Wildman–Crippen LogP) is 4.16. The van der Waals surface area contributed by atoms with E-state index in [1.807, 2.05) is 12.1 Å². The monoisotopic (exact) mass is 278 g/mol. The molecule has 0 aromatic heterocycles. The van der Waals surface area contributed by atoms with Crippen LogP contribution in [0.5, 0.6) is 0 Å². The first kappa shape index (κ1) is 14.3. The minimum absolute atomic E-state index is 0.161. The van der Waals surface area contributed by atoms with Gasteiger partial charge in [-0.1, -0.05) is 23.7 Å². The van der Waals surface area contributed by atoms with E-state index < -0.39 is 5.41 Å². The molecule has 0 N–H and O–H groups in total. The largest absolute Gasteiger partial charge is 0.303 e. The highest BCUT2D eigenvalue weighted by atomic mass is 35.5. The second-order valence-corrected chi connectivity index (χ2v) is 5.97. The minimum Gasteiger partial charge on any atom is -0.303 e. The molecule has 1 aliphatic carbocycles. The van der Waals surface area contributed by atoms with Crippen LogP contribution in [0.25, 0.3) is 0 Å². The van der Waals surface area contributed by atoms with Gasteiger partial charge >= 0.3 is 0 Å². The summed E-state index contributed by atoms with van der Waals surface area (Å²) in [5.74, 6) is 0.644. The highest BCUT2D eigenvalue weighted by molar-refractivity contribution is 6.30. The predicted molar refractivity (Wildman–Crippen MR) is 76.5 cm³/mol. The van der Waals surface area contributed by atoms with Crippen molar-refractivity contribution in [3.63, 3.8) is 0 Å². The van der Waals surface area contributed by atoms with E-state index in [1.165, 1.54) is 5.56 Å². The lowest BCUT2D eigenvalue weighted by Crippen LogP contribution is -2.34. The van der Waals surface area contributed by atoms with E-state index in [2.05, 4.69) is 12.1 Å². The third-order valence-corrected chi connectivity index (χ3v) is 4.76. The molecule has 0 atom stereocenters. The molecule has 0 spiro atoms. The van der Waals surface area contributed by atoms with Crippen molar-refractivity contribution in [2.24, 2.45) is 5.41 Å². The van der Waals surface area contributed by atoms with Gasteiger partial charge in [0.25, 0.3) is 0 Å². The zero-order valence-corrected chi connectivity index (χ0v) is 12.0. The Balaban J connectivity index is 2.07. The normalized spacial score (nSPS) is 26.9. The van der Waals surface area contributed by atoms with Gasteiger partial charge in [-0.05, 0) is 56.2 Å². The summed E-state index contributed by atoms with van der Waals surface area (Å²) in [7, 11) is 0. The van der Waals surface area contributed by atoms with Crippen LogP contribution in [-0.2, 0) is 9.59 Å². The Morgan fingerprint density at radius 1 is 1.32 bits per heavy atom. The molecule has 0 amide bonds. The zero-order chi connectivity index (χ0) is 13.9. The van der Waals surface area contributed by atoms with Crippen LogP contribution in [-0.4, -0.2) is 12.1 Å². The number of ketones is 1. The number of halogens is 1. The third-order valence-electron chi connectivity index (χ3n) is 4.51. The van der Waals surface area contributed by atoms with Crippen LogP contribution in [0.1, 0.15) is 50.5 Å². The van der Waals surface area contributed by atoms with E-state index >= 15 is 0 Å². The van der Waals surface area contributed by atoms with Crippen LogP contribution in [0.2, 0.25) is 5.02 Å². The Kier molecular flexibility index (Phi) is 4.41. The Hall–Kier alpha value is -1.15. The maximum atomic E-state index is 11.8. The number of aldehydes is 1. The van der Waals surface area contributed by atoms with Gasteiger partial charge in [0.2, 0.25) is 0 Å². The lowest BCUT2D eigenvalue weighted by atomic mass is 9.65. The first-order valence-electron chi connectivity index (χ1n) is 6.77. The van der Waals surface area contributed by atoms with Gasteiger partial charge in [0.1, 0.15) is 12.1 Å². The van der Waals surface area contributed by atoms with Gasteiger partial charge in [-0.3, -0.25) is 4.79 Å². The topological polar surface area (TPSA) is 34.1 Å². The van der Waals surface area contributed by atoms with Crippen molar-refractivity contribution in [3.8, 4) is 0 Å². The van der Waals surface area contributed by atoms with Crippen molar-refractivity contribution in [1.29, 1.82) is 0 Å². The lowest BCUT2D eigenvalue weighted by Gasteiger charge is -2.37. The number of hydrogen-bond acceptors (Lipinski definition) is 2. The molecule has 0 unspecified atom stereocenters. The van der Waals surface area contributed by atoms with E-state index in [1.54, 1.807) is 6.92 Å². The van der Waals surface area contributed by atoms with E-state index in [4.69, 9.17) is 11.6 Å². The zero-order valence-electron chi connectivity index (χ0n) is 11.2. The second-order valence-electron chi connectivity index (χ2n) is 5.53. The van der Waals surface area contributed by atoms with Crippen LogP contribution < -0.4 is 0 Å². The fraction of sp³-hybridized carbons (Fsp3) is 0.500. The molecule has 0 saturated heterocycles. The highest BCUT2D eigenvalue weighted by Crippen LogP contribution is 2.45. The molecule has 3 heteroatoms. The summed E-state index contributed by atoms with van der Waals surface area (Å²) >= 11 is 5.90. The number of Topliss-reactive ketones (excluding diaryl/α,β-unsaturated/α-hetero) is 1. The standard InChI is InChI=1S/C16H19ClO2/c1-12(19)16(10-11-18)8-6-14(7-9-16)13-2-4-15(17)5-3-13/h2-5,11,14H,6-10H2,1H3. The van der Waals surface area contributed by atoms with E-state index in [0.29, 0.717) is 12.3 Å². The van der Waals surface area contributed by atoms with Crippen molar-refractivity contribution in [1.82, 2.24) is 0 Å². The van der Waals surface area contributed by atoms with Gasteiger partial charge in [-0.15, -0.1) is 0 Å². The molecule has 1 aromatic rings. The Labute approximate surface area is 119 Å². The summed E-state index contributed by atoms with van der Waals surface area (Å²) in [6.07, 6.45) is 4.83. The van der Waals surface area contributed by atoms with Crippen LogP contribution in [0, 0.1) is 5.41 Å². The molecular weight excluding hydrogens is 260 g/mol. The fourth-order valence-electron chi connectivity index (χ4n) is 3.10. The number of hydrogen-bond donors (Lipinski definition) is 0. The van der Waals surface area contributed by atoms with Gasteiger partial charge in [0.15, 0.2) is 0 Å². The van der Waals surface area contributed by atoms with Gasteiger partial charge in [-0.2, -0.15) is 0 Å². The Morgan fingerprint density at radius 3 is 2.37 bits per heavy atom. The molecular formula is C16H19ClO2. The summed E-state index contributed by atoms with van der Waals surface area (Å²) < 4.78 is 0. The van der Waals surface area contributed by atoms with Crippen LogP contribution in [0.15, 0.2) is 24.3 Å². The SMILES string of the molecule is CC(=O)C1(CC=O)CCC(c2ccc(Cl)cc2)CC1. The van der Waals surface area contributed by atoms with E-state index in [0.717, 1.165) is 37.0 Å². The summed E-state index contributed by atoms with van der Waals surface area (Å²) in [5, 5.41) is 0.749. The molecule has 1 aliphatic rings. The molecule has 102 valence electrons. The van der Waals surface area contributed by atoms with Gasteiger partial charge in [-0.25, -0.2) is 0 Å². The van der Waals surface area contributed by atoms with Crippen molar-refractivity contribution in [2.75, 3.05) is 0 Å². The maximum absolute atomic E-state index is 11.8. The fourth-order valence-corrected chi connectivity index (χ4v) is 3.22. The van der Waals surface area contributed by atoms with Gasteiger partial charge in [0, 0.05) is 16.9 Å². The smallest absolute Gasteiger partial charge is 0.136 e. The third kappa shape index (κ3) is 3.06. The van der Waals surface area contributed by atoms with E-state index in [-0.39, 0.29) is 5.78 Å². The average molecular weight is 279 g/mol. The summed E-state index contributed by atoms with van der Waals surface area (Å²) in [6.45, 7) is 1.62. The average Bonchev–Trinajstić information content (AvgIpc) is 2.41. The molecule has 0 aliphatic heterocycles. The molecule has 0 bridgehead atoms. The van der Waals surface area contributed by atoms with Crippen molar-refractivity contribution >= 4 is 23.7 Å². The molecule has 1 fully saturated rings. The molecule has 0 heterocycles. The summed E-state index contributed by atoms with van der Waals surface area (Å²) in [5.41, 5.74) is 0.887. The number of benzene rings is 1. The first-order chi connectivity index (χ1) is 9.07. The van der Waals surface area contributed by atoms with Crippen molar-refractivity contribution in [3.05, 3.63) is 34.9 Å². The number of carbonyl (C=O) groups excluding carboxylic acids is 2. The van der Waals surface area contributed by atoms with Crippen molar-refractivity contribution in [2.45, 2.75) is 44.9 Å². The molecule has 2 rings (SSSR count). The quantitative estimate of drug-likeness (QED) is 0.775. The Bertz CT molecular complexity index is 456. The second kappa shape index (κ2) is 5.87. The summed E-state index contributed by atoms with van der Waals surface area (Å²) in [4.78, 5) is 22.6. The van der Waals surface area contributed by atoms with E-state index in [9.17, 15) is 9.59 Å². The maximum Gasteiger partial charge on any atom is 0.136 e. The van der Waals surface area contributed by atoms with Gasteiger partial charge in [0.05, 0.1) is 0 Å². The van der Waals surface area contributed by atoms with Crippen LogP contribution in [0.3, 0.4) is 0 Å². The van der Waals surface area contributed by atoms with Crippen LogP contribution in [0.4, 0.5) is 0 Å². The molecule has 2 nitrogen and oxygen atoms in total. The number of carbonyl (C=O) groups is 2. The Morgan fingerprint density at radius 2 is 1.89 bits per heavy atom. The van der Waals surface area contributed by atoms with Gasteiger partial charge < -0.3 is 4.79 Å².